The summed E-state index contributed by atoms with van der Waals surface area (Å²) in [6, 6.07) is 9.27. The molecule has 0 aliphatic heterocycles. The number of nitrogens with one attached hydrogen (secondary N) is 1. The van der Waals surface area contributed by atoms with Gasteiger partial charge in [0.25, 0.3) is 0 Å². The minimum atomic E-state index is -3.43. The molecule has 2 aromatic rings. The van der Waals surface area contributed by atoms with Gasteiger partial charge in [0.15, 0.2) is 9.84 Å². The molecular formula is C19H19ClFNO4S. The zero-order chi connectivity index (χ0) is 20.0. The van der Waals surface area contributed by atoms with Crippen LogP contribution in [0.2, 0.25) is 5.02 Å². The number of rotatable bonds is 8. The van der Waals surface area contributed by atoms with Gasteiger partial charge in [-0.05, 0) is 42.8 Å². The maximum Gasteiger partial charge on any atom is 0.221 e. The molecule has 0 aliphatic carbocycles. The van der Waals surface area contributed by atoms with Crippen molar-refractivity contribution in [3.05, 3.63) is 70.4 Å². The van der Waals surface area contributed by atoms with Gasteiger partial charge in [-0.15, -0.1) is 0 Å². The van der Waals surface area contributed by atoms with Crippen molar-refractivity contribution in [2.75, 3.05) is 5.75 Å². The molecule has 2 rings (SSSR count). The van der Waals surface area contributed by atoms with Gasteiger partial charge in [0.1, 0.15) is 17.3 Å². The molecule has 5 nitrogen and oxygen atoms in total. The third-order valence-corrected chi connectivity index (χ3v) is 5.25. The first kappa shape index (κ1) is 20.9. The number of hydrogen-bond donors (Lipinski definition) is 1. The lowest BCUT2D eigenvalue weighted by atomic mass is 10.2. The summed E-state index contributed by atoms with van der Waals surface area (Å²) in [6.07, 6.45) is -0.171. The molecule has 0 spiro atoms. The second-order valence-electron chi connectivity index (χ2n) is 5.83. The normalized spacial score (nSPS) is 11.1. The maximum atomic E-state index is 13.4. The molecule has 1 amide bonds. The van der Waals surface area contributed by atoms with E-state index in [4.69, 9.17) is 16.3 Å². The molecule has 0 bridgehead atoms. The second kappa shape index (κ2) is 9.01. The predicted molar refractivity (Wildman–Crippen MR) is 103 cm³/mol. The van der Waals surface area contributed by atoms with Crippen molar-refractivity contribution >= 4 is 27.3 Å². The summed E-state index contributed by atoms with van der Waals surface area (Å²) < 4.78 is 41.9. The monoisotopic (exact) mass is 411 g/mol. The average Bonchev–Trinajstić information content (AvgIpc) is 2.62. The van der Waals surface area contributed by atoms with E-state index in [1.54, 1.807) is 31.2 Å². The molecule has 2 aromatic carbocycles. The van der Waals surface area contributed by atoms with Gasteiger partial charge in [0.05, 0.1) is 5.75 Å². The Morgan fingerprint density at radius 2 is 2.04 bits per heavy atom. The Kier molecular flexibility index (Phi) is 6.98. The van der Waals surface area contributed by atoms with Gasteiger partial charge in [0.2, 0.25) is 5.91 Å². The van der Waals surface area contributed by atoms with Crippen LogP contribution in [0.4, 0.5) is 4.39 Å². The Balaban J connectivity index is 2.07. The van der Waals surface area contributed by atoms with Gasteiger partial charge in [-0.2, -0.15) is 0 Å². The van der Waals surface area contributed by atoms with Crippen molar-refractivity contribution in [1.29, 1.82) is 0 Å². The molecule has 0 unspecified atom stereocenters. The Hall–Kier alpha value is -2.38. The van der Waals surface area contributed by atoms with Gasteiger partial charge < -0.3 is 10.1 Å². The van der Waals surface area contributed by atoms with E-state index in [1.165, 1.54) is 12.1 Å². The van der Waals surface area contributed by atoms with E-state index in [2.05, 4.69) is 11.9 Å². The summed E-state index contributed by atoms with van der Waals surface area (Å²) in [5.41, 5.74) is 1.08. The van der Waals surface area contributed by atoms with Gasteiger partial charge in [-0.1, -0.05) is 24.2 Å². The highest BCUT2D eigenvalue weighted by atomic mass is 35.5. The zero-order valence-electron chi connectivity index (χ0n) is 14.7. The predicted octanol–water partition coefficient (Wildman–Crippen LogP) is 4.14. The van der Waals surface area contributed by atoms with Crippen LogP contribution in [0.15, 0.2) is 48.4 Å². The Labute approximate surface area is 162 Å². The second-order valence-corrected chi connectivity index (χ2v) is 8.33. The summed E-state index contributed by atoms with van der Waals surface area (Å²) in [5, 5.41) is 3.91. The lowest BCUT2D eigenvalue weighted by Gasteiger charge is -2.13. The lowest BCUT2D eigenvalue weighted by Crippen LogP contribution is -2.25. The first-order chi connectivity index (χ1) is 12.7. The fourth-order valence-electron chi connectivity index (χ4n) is 2.18. The smallest absolute Gasteiger partial charge is 0.221 e. The number of carbonyl (C=O) groups excluding carboxylic acids is 1. The zero-order valence-corrected chi connectivity index (χ0v) is 16.2. The highest BCUT2D eigenvalue weighted by Crippen LogP contribution is 2.29. The number of aryl methyl sites for hydroxylation is 1. The first-order valence-corrected chi connectivity index (χ1v) is 10.1. The van der Waals surface area contributed by atoms with E-state index >= 15 is 0 Å². The van der Waals surface area contributed by atoms with Crippen LogP contribution in [-0.4, -0.2) is 20.1 Å². The number of hydrogen-bond acceptors (Lipinski definition) is 4. The molecule has 0 heterocycles. The molecule has 144 valence electrons. The topological polar surface area (TPSA) is 72.5 Å². The molecule has 27 heavy (non-hydrogen) atoms. The summed E-state index contributed by atoms with van der Waals surface area (Å²) in [4.78, 5) is 11.9. The summed E-state index contributed by atoms with van der Waals surface area (Å²) in [6.45, 7) is 4.95. The Morgan fingerprint density at radius 1 is 1.30 bits per heavy atom. The van der Waals surface area contributed by atoms with E-state index in [-0.39, 0.29) is 24.5 Å². The van der Waals surface area contributed by atoms with Crippen LogP contribution in [0.3, 0.4) is 0 Å². The summed E-state index contributed by atoms with van der Waals surface area (Å²) in [5.74, 6) is -0.219. The number of carbonyl (C=O) groups is 1. The van der Waals surface area contributed by atoms with Crippen LogP contribution in [0, 0.1) is 12.7 Å². The van der Waals surface area contributed by atoms with Crippen molar-refractivity contribution in [2.45, 2.75) is 19.9 Å². The lowest BCUT2D eigenvalue weighted by molar-refractivity contribution is -0.120. The van der Waals surface area contributed by atoms with Crippen LogP contribution in [0.5, 0.6) is 11.5 Å². The minimum absolute atomic E-state index is 0.125. The summed E-state index contributed by atoms with van der Waals surface area (Å²) >= 11 is 6.01. The van der Waals surface area contributed by atoms with Gasteiger partial charge >= 0.3 is 0 Å². The number of benzene rings is 2. The van der Waals surface area contributed by atoms with Crippen LogP contribution < -0.4 is 10.1 Å². The quantitative estimate of drug-likeness (QED) is 0.708. The molecular weight excluding hydrogens is 393 g/mol. The number of sulfone groups is 1. The van der Waals surface area contributed by atoms with Crippen LogP contribution in [0.1, 0.15) is 17.5 Å². The van der Waals surface area contributed by atoms with Crippen molar-refractivity contribution in [3.8, 4) is 11.5 Å². The largest absolute Gasteiger partial charge is 0.457 e. The molecule has 0 saturated heterocycles. The fourth-order valence-corrected chi connectivity index (χ4v) is 2.98. The molecule has 1 N–H and O–H groups in total. The molecule has 8 heteroatoms. The van der Waals surface area contributed by atoms with E-state index in [0.29, 0.717) is 27.6 Å². The van der Waals surface area contributed by atoms with E-state index in [9.17, 15) is 17.6 Å². The SMILES string of the molecule is C=CS(=O)(=O)CCC(=O)NCc1ccc(Cl)cc1Oc1ccc(F)c(C)c1. The van der Waals surface area contributed by atoms with Crippen LogP contribution in [-0.2, 0) is 21.2 Å². The van der Waals surface area contributed by atoms with E-state index in [0.717, 1.165) is 5.41 Å². The average molecular weight is 412 g/mol. The van der Waals surface area contributed by atoms with E-state index in [1.807, 2.05) is 0 Å². The van der Waals surface area contributed by atoms with Crippen molar-refractivity contribution in [2.24, 2.45) is 0 Å². The number of amides is 1. The van der Waals surface area contributed by atoms with Crippen molar-refractivity contribution in [1.82, 2.24) is 5.32 Å². The fraction of sp³-hybridized carbons (Fsp3) is 0.211. The number of halogens is 2. The first-order valence-electron chi connectivity index (χ1n) is 8.04. The third kappa shape index (κ3) is 6.37. The van der Waals surface area contributed by atoms with Crippen molar-refractivity contribution in [3.63, 3.8) is 0 Å². The van der Waals surface area contributed by atoms with Crippen molar-refractivity contribution < 1.29 is 22.3 Å². The maximum absolute atomic E-state index is 13.4. The highest BCUT2D eigenvalue weighted by molar-refractivity contribution is 7.94. The Morgan fingerprint density at radius 3 is 2.70 bits per heavy atom. The highest BCUT2D eigenvalue weighted by Gasteiger charge is 2.12. The molecule has 0 radical (unpaired) electrons. The Bertz CT molecular complexity index is 960. The summed E-state index contributed by atoms with van der Waals surface area (Å²) in [7, 11) is -3.43. The van der Waals surface area contributed by atoms with Gasteiger partial charge in [0, 0.05) is 29.0 Å². The van der Waals surface area contributed by atoms with Gasteiger partial charge in [-0.3, -0.25) is 4.79 Å². The third-order valence-electron chi connectivity index (χ3n) is 3.73. The van der Waals surface area contributed by atoms with Gasteiger partial charge in [-0.25, -0.2) is 12.8 Å². The minimum Gasteiger partial charge on any atom is -0.457 e. The molecule has 0 saturated carbocycles. The van der Waals surface area contributed by atoms with E-state index < -0.39 is 15.7 Å². The number of ether oxygens (including phenoxy) is 1. The molecule has 0 atom stereocenters. The molecule has 0 aromatic heterocycles. The van der Waals surface area contributed by atoms with Crippen LogP contribution in [0.25, 0.3) is 0 Å². The standard InChI is InChI=1S/C19H19ClFNO4S/c1-3-27(24,25)9-8-19(23)22-12-14-4-5-15(20)11-18(14)26-16-6-7-17(21)13(2)10-16/h3-7,10-11H,1,8-9,12H2,2H3,(H,22,23). The molecule has 0 fully saturated rings. The molecule has 0 aliphatic rings. The van der Waals surface area contributed by atoms with Crippen LogP contribution >= 0.6 is 11.6 Å².